The zero-order chi connectivity index (χ0) is 24.7. The lowest BCUT2D eigenvalue weighted by Crippen LogP contribution is -2.22. The van der Waals surface area contributed by atoms with Crippen LogP contribution in [0.4, 0.5) is 0 Å². The SMILES string of the molecule is Cc1ccc(-c2nn3ccn(Cc4nc(-c5ccc(C(C)(C)C)cc5)no4)c(=O)c3c2CO)cc1. The van der Waals surface area contributed by atoms with Crippen molar-refractivity contribution in [1.29, 1.82) is 0 Å². The largest absolute Gasteiger partial charge is 0.392 e. The molecule has 0 unspecified atom stereocenters. The van der Waals surface area contributed by atoms with Crippen LogP contribution in [0.15, 0.2) is 70.2 Å². The lowest BCUT2D eigenvalue weighted by atomic mass is 9.87. The fraction of sp³-hybridized carbons (Fsp3) is 0.259. The van der Waals surface area contributed by atoms with E-state index in [9.17, 15) is 9.90 Å². The Morgan fingerprint density at radius 1 is 0.971 bits per heavy atom. The number of benzene rings is 2. The smallest absolute Gasteiger partial charge is 0.277 e. The molecule has 3 heterocycles. The molecule has 35 heavy (non-hydrogen) atoms. The van der Waals surface area contributed by atoms with Crippen molar-refractivity contribution in [2.75, 3.05) is 0 Å². The highest BCUT2D eigenvalue weighted by molar-refractivity contribution is 5.72. The number of hydrogen-bond donors (Lipinski definition) is 1. The third kappa shape index (κ3) is 4.28. The van der Waals surface area contributed by atoms with Crippen molar-refractivity contribution in [3.8, 4) is 22.6 Å². The fourth-order valence-electron chi connectivity index (χ4n) is 4.07. The Hall–Kier alpha value is -4.04. The molecule has 0 aliphatic heterocycles. The van der Waals surface area contributed by atoms with Crippen molar-refractivity contribution in [3.63, 3.8) is 0 Å². The molecule has 0 bridgehead atoms. The first-order valence-electron chi connectivity index (χ1n) is 11.5. The minimum Gasteiger partial charge on any atom is -0.392 e. The lowest BCUT2D eigenvalue weighted by Gasteiger charge is -2.18. The summed E-state index contributed by atoms with van der Waals surface area (Å²) in [6.07, 6.45) is 3.32. The third-order valence-corrected chi connectivity index (χ3v) is 6.13. The van der Waals surface area contributed by atoms with E-state index in [4.69, 9.17) is 4.52 Å². The first-order chi connectivity index (χ1) is 16.7. The zero-order valence-electron chi connectivity index (χ0n) is 20.2. The van der Waals surface area contributed by atoms with Crippen molar-refractivity contribution in [2.24, 2.45) is 0 Å². The Kier molecular flexibility index (Phi) is 5.61. The predicted octanol–water partition coefficient (Wildman–Crippen LogP) is 4.36. The van der Waals surface area contributed by atoms with E-state index in [1.807, 2.05) is 43.3 Å². The topological polar surface area (TPSA) is 98.5 Å². The van der Waals surface area contributed by atoms with E-state index in [1.165, 1.54) is 14.6 Å². The number of rotatable bonds is 5. The van der Waals surface area contributed by atoms with Gasteiger partial charge in [0.25, 0.3) is 5.56 Å². The summed E-state index contributed by atoms with van der Waals surface area (Å²) in [4.78, 5) is 17.8. The number of aliphatic hydroxyl groups is 1. The summed E-state index contributed by atoms with van der Waals surface area (Å²) >= 11 is 0. The summed E-state index contributed by atoms with van der Waals surface area (Å²) in [5.41, 5.74) is 5.18. The molecule has 5 aromatic rings. The molecule has 5 rings (SSSR count). The van der Waals surface area contributed by atoms with Crippen LogP contribution in [0.3, 0.4) is 0 Å². The Morgan fingerprint density at radius 3 is 2.31 bits per heavy atom. The van der Waals surface area contributed by atoms with Crippen LogP contribution >= 0.6 is 0 Å². The maximum Gasteiger partial charge on any atom is 0.277 e. The van der Waals surface area contributed by atoms with Crippen molar-refractivity contribution < 1.29 is 9.63 Å². The van der Waals surface area contributed by atoms with Gasteiger partial charge in [-0.05, 0) is 17.9 Å². The maximum atomic E-state index is 13.3. The fourth-order valence-corrected chi connectivity index (χ4v) is 4.07. The molecule has 0 saturated carbocycles. The van der Waals surface area contributed by atoms with Gasteiger partial charge in [0.1, 0.15) is 12.1 Å². The second kappa shape index (κ2) is 8.63. The standard InChI is InChI=1S/C27H27N5O3/c1-17-5-7-18(8-6-17)23-21(16-33)24-26(34)31(13-14-32(24)29-23)15-22-28-25(30-35-22)19-9-11-20(12-10-19)27(2,3)4/h5-14,33H,15-16H2,1-4H3. The molecule has 0 radical (unpaired) electrons. The van der Waals surface area contributed by atoms with E-state index < -0.39 is 0 Å². The quantitative estimate of drug-likeness (QED) is 0.411. The van der Waals surface area contributed by atoms with Gasteiger partial charge in [0.05, 0.1) is 12.3 Å². The molecule has 0 aliphatic carbocycles. The van der Waals surface area contributed by atoms with Crippen LogP contribution in [0, 0.1) is 6.92 Å². The highest BCUT2D eigenvalue weighted by Gasteiger charge is 2.19. The molecule has 8 nitrogen and oxygen atoms in total. The van der Waals surface area contributed by atoms with Gasteiger partial charge in [0.2, 0.25) is 11.7 Å². The molecule has 0 saturated heterocycles. The van der Waals surface area contributed by atoms with Crippen LogP contribution in [-0.2, 0) is 18.6 Å². The van der Waals surface area contributed by atoms with Gasteiger partial charge in [-0.25, -0.2) is 4.52 Å². The molecule has 0 atom stereocenters. The van der Waals surface area contributed by atoms with Crippen LogP contribution in [-0.4, -0.2) is 29.4 Å². The van der Waals surface area contributed by atoms with E-state index in [0.29, 0.717) is 28.5 Å². The summed E-state index contributed by atoms with van der Waals surface area (Å²) in [6.45, 7) is 8.29. The van der Waals surface area contributed by atoms with Gasteiger partial charge in [0.15, 0.2) is 0 Å². The summed E-state index contributed by atoms with van der Waals surface area (Å²) in [7, 11) is 0. The van der Waals surface area contributed by atoms with E-state index >= 15 is 0 Å². The molecule has 0 fully saturated rings. The van der Waals surface area contributed by atoms with Gasteiger partial charge >= 0.3 is 0 Å². The molecule has 0 spiro atoms. The van der Waals surface area contributed by atoms with E-state index in [1.54, 1.807) is 12.4 Å². The number of nitrogens with zero attached hydrogens (tertiary/aromatic N) is 5. The summed E-state index contributed by atoms with van der Waals surface area (Å²) in [6, 6.07) is 15.9. The van der Waals surface area contributed by atoms with Gasteiger partial charge < -0.3 is 14.2 Å². The molecule has 0 aliphatic rings. The van der Waals surface area contributed by atoms with Gasteiger partial charge in [-0.3, -0.25) is 4.79 Å². The summed E-state index contributed by atoms with van der Waals surface area (Å²) in [5.74, 6) is 0.784. The molecule has 1 N–H and O–H groups in total. The second-order valence-corrected chi connectivity index (χ2v) is 9.71. The Balaban J connectivity index is 1.46. The third-order valence-electron chi connectivity index (χ3n) is 6.13. The minimum atomic E-state index is -0.304. The van der Waals surface area contributed by atoms with Crippen LogP contribution in [0.25, 0.3) is 28.2 Å². The van der Waals surface area contributed by atoms with Crippen LogP contribution in [0.1, 0.15) is 43.4 Å². The monoisotopic (exact) mass is 469 g/mol. The normalized spacial score (nSPS) is 11.9. The van der Waals surface area contributed by atoms with Crippen LogP contribution in [0.2, 0.25) is 0 Å². The average molecular weight is 470 g/mol. The van der Waals surface area contributed by atoms with Crippen molar-refractivity contribution in [1.82, 2.24) is 24.3 Å². The van der Waals surface area contributed by atoms with Gasteiger partial charge in [-0.15, -0.1) is 0 Å². The van der Waals surface area contributed by atoms with Gasteiger partial charge in [0, 0.05) is 29.1 Å². The molecule has 8 heteroatoms. The number of aryl methyl sites for hydroxylation is 1. The Labute approximate surface area is 202 Å². The molecule has 0 amide bonds. The second-order valence-electron chi connectivity index (χ2n) is 9.71. The predicted molar refractivity (Wildman–Crippen MR) is 133 cm³/mol. The first kappa shape index (κ1) is 22.7. The molecule has 2 aromatic carbocycles. The first-order valence-corrected chi connectivity index (χ1v) is 11.5. The average Bonchev–Trinajstić information content (AvgIpc) is 3.46. The van der Waals surface area contributed by atoms with Crippen LogP contribution in [0.5, 0.6) is 0 Å². The molecular weight excluding hydrogens is 442 g/mol. The molecular formula is C27H27N5O3. The highest BCUT2D eigenvalue weighted by atomic mass is 16.5. The van der Waals surface area contributed by atoms with Gasteiger partial charge in [-0.2, -0.15) is 10.1 Å². The number of fused-ring (bicyclic) bond motifs is 1. The van der Waals surface area contributed by atoms with E-state index in [0.717, 1.165) is 16.7 Å². The van der Waals surface area contributed by atoms with E-state index in [2.05, 4.69) is 48.1 Å². The highest BCUT2D eigenvalue weighted by Crippen LogP contribution is 2.26. The molecule has 178 valence electrons. The Morgan fingerprint density at radius 2 is 1.66 bits per heavy atom. The van der Waals surface area contributed by atoms with Gasteiger partial charge in [-0.1, -0.05) is 80.0 Å². The zero-order valence-corrected chi connectivity index (χ0v) is 20.2. The van der Waals surface area contributed by atoms with E-state index in [-0.39, 0.29) is 24.1 Å². The molecule has 3 aromatic heterocycles. The number of aliphatic hydroxyl groups excluding tert-OH is 1. The summed E-state index contributed by atoms with van der Waals surface area (Å²) in [5, 5.41) is 18.7. The van der Waals surface area contributed by atoms with Crippen LogP contribution < -0.4 is 5.56 Å². The maximum absolute atomic E-state index is 13.3. The van der Waals surface area contributed by atoms with Crippen molar-refractivity contribution in [2.45, 2.75) is 46.3 Å². The Bertz CT molecular complexity index is 1550. The lowest BCUT2D eigenvalue weighted by molar-refractivity contribution is 0.283. The van der Waals surface area contributed by atoms with Crippen molar-refractivity contribution in [3.05, 3.63) is 93.9 Å². The minimum absolute atomic E-state index is 0.0567. The number of hydrogen-bond acceptors (Lipinski definition) is 6. The number of aromatic nitrogens is 5. The van der Waals surface area contributed by atoms with Crippen molar-refractivity contribution >= 4 is 5.52 Å². The summed E-state index contributed by atoms with van der Waals surface area (Å²) < 4.78 is 8.43.